The molecule has 1 atom stereocenters. The van der Waals surface area contributed by atoms with E-state index in [1.165, 1.54) is 23.3 Å². The van der Waals surface area contributed by atoms with Crippen molar-refractivity contribution in [2.45, 2.75) is 31.8 Å². The highest BCUT2D eigenvalue weighted by Gasteiger charge is 2.17. The number of benzene rings is 2. The highest BCUT2D eigenvalue weighted by Crippen LogP contribution is 2.27. The third kappa shape index (κ3) is 2.46. The summed E-state index contributed by atoms with van der Waals surface area (Å²) >= 11 is 0. The molecular weight excluding hydrogens is 258 g/mol. The number of rotatable bonds is 3. The van der Waals surface area contributed by atoms with Gasteiger partial charge < -0.3 is 5.11 Å². The van der Waals surface area contributed by atoms with Gasteiger partial charge in [0.1, 0.15) is 0 Å². The van der Waals surface area contributed by atoms with Gasteiger partial charge in [-0.15, -0.1) is 0 Å². The van der Waals surface area contributed by atoms with E-state index in [0.717, 1.165) is 30.9 Å². The van der Waals surface area contributed by atoms with E-state index in [1.807, 2.05) is 18.2 Å². The lowest BCUT2D eigenvalue weighted by molar-refractivity contribution is 0.176. The topological polar surface area (TPSA) is 20.2 Å². The molecule has 0 amide bonds. The molecule has 0 bridgehead atoms. The summed E-state index contributed by atoms with van der Waals surface area (Å²) in [5.74, 6) is -1.74. The molecule has 0 saturated heterocycles. The molecule has 1 aliphatic carbocycles. The quantitative estimate of drug-likeness (QED) is 0.904. The van der Waals surface area contributed by atoms with Crippen molar-refractivity contribution in [1.29, 1.82) is 0 Å². The van der Waals surface area contributed by atoms with Crippen molar-refractivity contribution in [3.63, 3.8) is 0 Å². The van der Waals surface area contributed by atoms with E-state index >= 15 is 0 Å². The van der Waals surface area contributed by atoms with Gasteiger partial charge in [-0.3, -0.25) is 0 Å². The van der Waals surface area contributed by atoms with Gasteiger partial charge in [0.15, 0.2) is 11.6 Å². The number of hydrogen-bond acceptors (Lipinski definition) is 1. The molecule has 1 unspecified atom stereocenters. The first-order valence-corrected chi connectivity index (χ1v) is 6.88. The van der Waals surface area contributed by atoms with E-state index in [9.17, 15) is 13.9 Å². The second kappa shape index (κ2) is 5.33. The van der Waals surface area contributed by atoms with Crippen LogP contribution in [0.1, 0.15) is 34.8 Å². The molecule has 0 spiro atoms. The first kappa shape index (κ1) is 13.3. The van der Waals surface area contributed by atoms with Crippen molar-refractivity contribution in [2.75, 3.05) is 0 Å². The largest absolute Gasteiger partial charge is 0.388 e. The number of hydrogen-bond donors (Lipinski definition) is 1. The zero-order valence-electron chi connectivity index (χ0n) is 11.1. The van der Waals surface area contributed by atoms with Gasteiger partial charge in [0, 0.05) is 6.42 Å². The van der Waals surface area contributed by atoms with E-state index in [2.05, 4.69) is 0 Å². The summed E-state index contributed by atoms with van der Waals surface area (Å²) in [7, 11) is 0. The minimum absolute atomic E-state index is 0.0857. The Morgan fingerprint density at radius 3 is 2.70 bits per heavy atom. The van der Waals surface area contributed by atoms with E-state index in [1.54, 1.807) is 0 Å². The lowest BCUT2D eigenvalue weighted by Crippen LogP contribution is -2.05. The van der Waals surface area contributed by atoms with Gasteiger partial charge in [0.05, 0.1) is 6.10 Å². The monoisotopic (exact) mass is 274 g/mol. The standard InChI is InChI=1S/C17H16F2O/c18-15-6-2-5-14(17(15)19)10-16(20)13-8-7-11-3-1-4-12(11)9-13/h2,5-9,16,20H,1,3-4,10H2. The molecule has 3 rings (SSSR count). The Balaban J connectivity index is 1.82. The van der Waals surface area contributed by atoms with Crippen LogP contribution in [0.25, 0.3) is 0 Å². The first-order chi connectivity index (χ1) is 9.65. The molecule has 0 saturated carbocycles. The number of halogens is 2. The second-order valence-electron chi connectivity index (χ2n) is 5.31. The van der Waals surface area contributed by atoms with Crippen LogP contribution in [-0.2, 0) is 19.3 Å². The Hall–Kier alpha value is -1.74. The molecule has 0 fully saturated rings. The van der Waals surface area contributed by atoms with Crippen LogP contribution in [0.4, 0.5) is 8.78 Å². The van der Waals surface area contributed by atoms with Gasteiger partial charge in [0.2, 0.25) is 0 Å². The average molecular weight is 274 g/mol. The Labute approximate surface area is 116 Å². The maximum Gasteiger partial charge on any atom is 0.162 e. The van der Waals surface area contributed by atoms with Crippen molar-refractivity contribution in [2.24, 2.45) is 0 Å². The van der Waals surface area contributed by atoms with E-state index < -0.39 is 17.7 Å². The van der Waals surface area contributed by atoms with Gasteiger partial charge >= 0.3 is 0 Å². The van der Waals surface area contributed by atoms with Gasteiger partial charge in [-0.05, 0) is 47.6 Å². The summed E-state index contributed by atoms with van der Waals surface area (Å²) in [5, 5.41) is 10.2. The van der Waals surface area contributed by atoms with E-state index in [4.69, 9.17) is 0 Å². The summed E-state index contributed by atoms with van der Waals surface area (Å²) in [4.78, 5) is 0. The minimum atomic E-state index is -0.872. The summed E-state index contributed by atoms with van der Waals surface area (Å²) in [6, 6.07) is 9.96. The molecule has 3 heteroatoms. The zero-order chi connectivity index (χ0) is 14.1. The molecule has 1 N–H and O–H groups in total. The van der Waals surface area contributed by atoms with Crippen LogP contribution in [0.2, 0.25) is 0 Å². The first-order valence-electron chi connectivity index (χ1n) is 6.88. The smallest absolute Gasteiger partial charge is 0.162 e. The van der Waals surface area contributed by atoms with Crippen LogP contribution in [0.5, 0.6) is 0 Å². The van der Waals surface area contributed by atoms with Crippen LogP contribution in [0.3, 0.4) is 0 Å². The molecule has 0 aromatic heterocycles. The van der Waals surface area contributed by atoms with Crippen LogP contribution < -0.4 is 0 Å². The Kier molecular flexibility index (Phi) is 3.53. The van der Waals surface area contributed by atoms with Crippen molar-refractivity contribution in [1.82, 2.24) is 0 Å². The number of aliphatic hydroxyl groups is 1. The summed E-state index contributed by atoms with van der Waals surface area (Å²) in [6.45, 7) is 0. The van der Waals surface area contributed by atoms with Crippen molar-refractivity contribution in [3.05, 3.63) is 70.3 Å². The lowest BCUT2D eigenvalue weighted by Gasteiger charge is -2.13. The zero-order valence-corrected chi connectivity index (χ0v) is 11.1. The Morgan fingerprint density at radius 1 is 1.05 bits per heavy atom. The summed E-state index contributed by atoms with van der Waals surface area (Å²) in [6.07, 6.45) is 2.54. The molecule has 0 aliphatic heterocycles. The van der Waals surface area contributed by atoms with Gasteiger partial charge in [0.25, 0.3) is 0 Å². The highest BCUT2D eigenvalue weighted by atomic mass is 19.2. The fraction of sp³-hybridized carbons (Fsp3) is 0.294. The predicted octanol–water partition coefficient (Wildman–Crippen LogP) is 3.73. The van der Waals surface area contributed by atoms with Crippen LogP contribution in [-0.4, -0.2) is 5.11 Å². The molecule has 1 aliphatic rings. The average Bonchev–Trinajstić information content (AvgIpc) is 2.91. The Morgan fingerprint density at radius 2 is 1.85 bits per heavy atom. The number of fused-ring (bicyclic) bond motifs is 1. The Bertz CT molecular complexity index is 637. The molecule has 0 heterocycles. The van der Waals surface area contributed by atoms with E-state index in [0.29, 0.717) is 0 Å². The van der Waals surface area contributed by atoms with Crippen LogP contribution >= 0.6 is 0 Å². The minimum Gasteiger partial charge on any atom is -0.388 e. The van der Waals surface area contributed by atoms with Crippen LogP contribution in [0.15, 0.2) is 36.4 Å². The highest BCUT2D eigenvalue weighted by molar-refractivity contribution is 5.36. The maximum atomic E-state index is 13.6. The lowest BCUT2D eigenvalue weighted by atomic mass is 9.98. The van der Waals surface area contributed by atoms with Gasteiger partial charge in [-0.1, -0.05) is 30.3 Å². The molecular formula is C17H16F2O. The molecule has 2 aromatic rings. The molecule has 2 aromatic carbocycles. The van der Waals surface area contributed by atoms with Crippen molar-refractivity contribution >= 4 is 0 Å². The third-order valence-electron chi connectivity index (χ3n) is 3.95. The van der Waals surface area contributed by atoms with Gasteiger partial charge in [-0.25, -0.2) is 8.78 Å². The van der Waals surface area contributed by atoms with Crippen LogP contribution in [0, 0.1) is 11.6 Å². The molecule has 20 heavy (non-hydrogen) atoms. The summed E-state index contributed by atoms with van der Waals surface area (Å²) in [5.41, 5.74) is 3.58. The fourth-order valence-electron chi connectivity index (χ4n) is 2.83. The van der Waals surface area contributed by atoms with Gasteiger partial charge in [-0.2, -0.15) is 0 Å². The second-order valence-corrected chi connectivity index (χ2v) is 5.31. The fourth-order valence-corrected chi connectivity index (χ4v) is 2.83. The third-order valence-corrected chi connectivity index (χ3v) is 3.95. The number of aliphatic hydroxyl groups excluding tert-OH is 1. The maximum absolute atomic E-state index is 13.6. The van der Waals surface area contributed by atoms with Crippen molar-refractivity contribution < 1.29 is 13.9 Å². The SMILES string of the molecule is OC(Cc1cccc(F)c1F)c1ccc2c(c1)CCC2. The predicted molar refractivity (Wildman–Crippen MR) is 73.5 cm³/mol. The molecule has 1 nitrogen and oxygen atoms in total. The molecule has 0 radical (unpaired) electrons. The van der Waals surface area contributed by atoms with Crippen molar-refractivity contribution in [3.8, 4) is 0 Å². The normalized spacial score (nSPS) is 15.2. The summed E-state index contributed by atoms with van der Waals surface area (Å²) < 4.78 is 26.8. The molecule has 104 valence electrons. The number of aryl methyl sites for hydroxylation is 2. The van der Waals surface area contributed by atoms with E-state index in [-0.39, 0.29) is 12.0 Å².